The molecular weight excluding hydrogens is 602 g/mol. The lowest BCUT2D eigenvalue weighted by Crippen LogP contribution is -2.25. The van der Waals surface area contributed by atoms with Gasteiger partial charge in [0, 0.05) is 11.1 Å². The predicted octanol–water partition coefficient (Wildman–Crippen LogP) is 11.8. The molecule has 2 saturated carbocycles. The van der Waals surface area contributed by atoms with Crippen LogP contribution < -0.4 is 9.47 Å². The molecule has 0 radical (unpaired) electrons. The van der Waals surface area contributed by atoms with Crippen LogP contribution in [0.3, 0.4) is 0 Å². The second-order valence-corrected chi connectivity index (χ2v) is 13.0. The lowest BCUT2D eigenvalue weighted by Gasteiger charge is -2.38. The van der Waals surface area contributed by atoms with Crippen LogP contribution in [0, 0.1) is 46.7 Å². The number of benzene rings is 3. The topological polar surface area (TPSA) is 18.5 Å². The van der Waals surface area contributed by atoms with Gasteiger partial charge in [-0.15, -0.1) is 0 Å². The van der Waals surface area contributed by atoms with Crippen molar-refractivity contribution in [1.82, 2.24) is 0 Å². The first-order valence-corrected chi connectivity index (χ1v) is 16.9. The van der Waals surface area contributed by atoms with Crippen molar-refractivity contribution in [3.8, 4) is 22.6 Å². The molecule has 0 saturated heterocycles. The third-order valence-electron chi connectivity index (χ3n) is 10.1. The van der Waals surface area contributed by atoms with Gasteiger partial charge in [0.1, 0.15) is 0 Å². The van der Waals surface area contributed by atoms with Crippen molar-refractivity contribution in [3.63, 3.8) is 0 Å². The molecule has 2 aliphatic rings. The summed E-state index contributed by atoms with van der Waals surface area (Å²) in [6.45, 7) is 4.55. The van der Waals surface area contributed by atoms with Gasteiger partial charge in [-0.1, -0.05) is 44.9 Å². The molecule has 3 aromatic rings. The Hall–Kier alpha value is -3.16. The van der Waals surface area contributed by atoms with Crippen molar-refractivity contribution in [2.45, 2.75) is 103 Å². The standard InChI is InChI=1S/C38H44F6O2/c1-3-5-21-45-31-19-17-28(34(40)37(31)43)26-13-9-24(10-14-26)23-7-11-25(12-8-23)27-15-16-29(35(41)33(27)39)30-18-20-32(38(44)36(30)42)46-22-6-4-2/h15-20,23-26H,3-14,21-22H2,1-2H3. The highest BCUT2D eigenvalue weighted by Gasteiger charge is 2.34. The maximum atomic E-state index is 15.4. The molecule has 5 rings (SSSR count). The fourth-order valence-corrected chi connectivity index (χ4v) is 7.37. The van der Waals surface area contributed by atoms with Crippen LogP contribution >= 0.6 is 0 Å². The third kappa shape index (κ3) is 7.36. The summed E-state index contributed by atoms with van der Waals surface area (Å²) in [5, 5.41) is 0. The van der Waals surface area contributed by atoms with E-state index in [2.05, 4.69) is 0 Å². The molecule has 0 aliphatic heterocycles. The van der Waals surface area contributed by atoms with E-state index >= 15 is 8.78 Å². The van der Waals surface area contributed by atoms with Crippen LogP contribution in [0.1, 0.15) is 114 Å². The summed E-state index contributed by atoms with van der Waals surface area (Å²) in [5.41, 5.74) is 0.0189. The highest BCUT2D eigenvalue weighted by Crippen LogP contribution is 2.47. The molecule has 0 unspecified atom stereocenters. The zero-order chi connectivity index (χ0) is 32.8. The summed E-state index contributed by atoms with van der Waals surface area (Å²) >= 11 is 0. The number of rotatable bonds is 12. The van der Waals surface area contributed by atoms with Gasteiger partial charge in [0.15, 0.2) is 34.8 Å². The van der Waals surface area contributed by atoms with Crippen molar-refractivity contribution in [2.75, 3.05) is 13.2 Å². The van der Waals surface area contributed by atoms with E-state index in [-0.39, 0.29) is 46.6 Å². The maximum Gasteiger partial charge on any atom is 0.201 e. The summed E-state index contributed by atoms with van der Waals surface area (Å²) in [5.74, 6) is -5.98. The summed E-state index contributed by atoms with van der Waals surface area (Å²) in [6, 6.07) is 8.51. The molecule has 0 aromatic heterocycles. The van der Waals surface area contributed by atoms with Crippen molar-refractivity contribution >= 4 is 0 Å². The van der Waals surface area contributed by atoms with Crippen molar-refractivity contribution < 1.29 is 35.8 Å². The largest absolute Gasteiger partial charge is 0.490 e. The first-order valence-electron chi connectivity index (χ1n) is 16.9. The minimum atomic E-state index is -1.27. The molecule has 2 aliphatic carbocycles. The summed E-state index contributed by atoms with van der Waals surface area (Å²) < 4.78 is 101. The second kappa shape index (κ2) is 15.6. The number of hydrogen-bond donors (Lipinski definition) is 0. The number of halogens is 6. The Morgan fingerprint density at radius 3 is 1.33 bits per heavy atom. The van der Waals surface area contributed by atoms with Crippen LogP contribution in [0.15, 0.2) is 36.4 Å². The predicted molar refractivity (Wildman–Crippen MR) is 168 cm³/mol. The summed E-state index contributed by atoms with van der Waals surface area (Å²) in [6.07, 6.45) is 9.73. The van der Waals surface area contributed by atoms with Crippen molar-refractivity contribution in [3.05, 3.63) is 82.4 Å². The van der Waals surface area contributed by atoms with Crippen molar-refractivity contribution in [1.29, 1.82) is 0 Å². The van der Waals surface area contributed by atoms with Crippen LogP contribution in [0.2, 0.25) is 0 Å². The molecule has 0 amide bonds. The Bertz CT molecular complexity index is 1470. The third-order valence-corrected chi connectivity index (χ3v) is 10.1. The number of ether oxygens (including phenoxy) is 2. The normalized spacial score (nSPS) is 21.7. The second-order valence-electron chi connectivity index (χ2n) is 13.0. The molecule has 0 heterocycles. The van der Waals surface area contributed by atoms with Gasteiger partial charge in [0.25, 0.3) is 0 Å². The molecule has 0 spiro atoms. The SMILES string of the molecule is CCCCOc1ccc(-c2ccc(C3CCC(C4CCC(c5ccc(OCCCC)c(F)c5F)CC4)CC3)c(F)c2F)c(F)c1F. The fraction of sp³-hybridized carbons (Fsp3) is 0.526. The van der Waals surface area contributed by atoms with Gasteiger partial charge >= 0.3 is 0 Å². The average molecular weight is 647 g/mol. The van der Waals surface area contributed by atoms with Crippen LogP contribution in [0.5, 0.6) is 11.5 Å². The zero-order valence-corrected chi connectivity index (χ0v) is 26.8. The van der Waals surface area contributed by atoms with E-state index in [1.165, 1.54) is 24.3 Å². The van der Waals surface area contributed by atoms with Gasteiger partial charge in [-0.3, -0.25) is 0 Å². The Balaban J connectivity index is 1.17. The van der Waals surface area contributed by atoms with Gasteiger partial charge in [-0.05, 0) is 117 Å². The minimum absolute atomic E-state index is 0.0333. The van der Waals surface area contributed by atoms with Gasteiger partial charge in [0.2, 0.25) is 11.6 Å². The van der Waals surface area contributed by atoms with E-state index in [9.17, 15) is 17.6 Å². The average Bonchev–Trinajstić information content (AvgIpc) is 3.07. The van der Waals surface area contributed by atoms with E-state index in [0.29, 0.717) is 43.3 Å². The Morgan fingerprint density at radius 1 is 0.478 bits per heavy atom. The van der Waals surface area contributed by atoms with Crippen LogP contribution in [-0.2, 0) is 0 Å². The molecule has 2 nitrogen and oxygen atoms in total. The number of hydrogen-bond acceptors (Lipinski definition) is 2. The Kier molecular flexibility index (Phi) is 11.6. The van der Waals surface area contributed by atoms with E-state index < -0.39 is 34.9 Å². The van der Waals surface area contributed by atoms with E-state index in [1.807, 2.05) is 13.8 Å². The minimum Gasteiger partial charge on any atom is -0.490 e. The Labute approximate surface area is 268 Å². The molecule has 0 atom stereocenters. The lowest BCUT2D eigenvalue weighted by molar-refractivity contribution is 0.175. The molecule has 0 N–H and O–H groups in total. The first-order chi connectivity index (χ1) is 22.2. The van der Waals surface area contributed by atoms with Gasteiger partial charge in [-0.25, -0.2) is 17.6 Å². The van der Waals surface area contributed by atoms with E-state index in [4.69, 9.17) is 9.47 Å². The maximum absolute atomic E-state index is 15.4. The van der Waals surface area contributed by atoms with E-state index in [0.717, 1.165) is 57.8 Å². The van der Waals surface area contributed by atoms with Gasteiger partial charge in [0.05, 0.1) is 13.2 Å². The lowest BCUT2D eigenvalue weighted by atomic mass is 9.67. The van der Waals surface area contributed by atoms with Crippen LogP contribution in [0.4, 0.5) is 26.3 Å². The highest BCUT2D eigenvalue weighted by molar-refractivity contribution is 5.66. The first kappa shape index (κ1) is 34.2. The molecule has 0 bridgehead atoms. The monoisotopic (exact) mass is 646 g/mol. The molecule has 8 heteroatoms. The Morgan fingerprint density at radius 2 is 0.848 bits per heavy atom. The number of unbranched alkanes of at least 4 members (excludes halogenated alkanes) is 2. The van der Waals surface area contributed by atoms with Gasteiger partial charge < -0.3 is 9.47 Å². The smallest absolute Gasteiger partial charge is 0.201 e. The van der Waals surface area contributed by atoms with Gasteiger partial charge in [-0.2, -0.15) is 8.78 Å². The van der Waals surface area contributed by atoms with Crippen LogP contribution in [0.25, 0.3) is 11.1 Å². The molecule has 46 heavy (non-hydrogen) atoms. The summed E-state index contributed by atoms with van der Waals surface area (Å²) in [4.78, 5) is 0. The summed E-state index contributed by atoms with van der Waals surface area (Å²) in [7, 11) is 0. The molecular formula is C38H44F6O2. The quantitative estimate of drug-likeness (QED) is 0.144. The molecule has 2 fully saturated rings. The highest BCUT2D eigenvalue weighted by atomic mass is 19.2. The fourth-order valence-electron chi connectivity index (χ4n) is 7.37. The molecule has 250 valence electrons. The van der Waals surface area contributed by atoms with Crippen molar-refractivity contribution in [2.24, 2.45) is 11.8 Å². The van der Waals surface area contributed by atoms with E-state index in [1.54, 1.807) is 12.1 Å². The zero-order valence-electron chi connectivity index (χ0n) is 26.8. The molecule has 3 aromatic carbocycles. The van der Waals surface area contributed by atoms with Crippen LogP contribution in [-0.4, -0.2) is 13.2 Å².